The summed E-state index contributed by atoms with van der Waals surface area (Å²) in [6.45, 7) is 4.05. The Morgan fingerprint density at radius 2 is 1.94 bits per heavy atom. The highest BCUT2D eigenvalue weighted by atomic mass is 32.2. The van der Waals surface area contributed by atoms with Crippen molar-refractivity contribution in [1.29, 1.82) is 0 Å². The molecule has 5 rings (SSSR count). The standard InChI is InChI=1S/C27H30N4O2S/c1-3-34-26-30-29-25(33)31(26)23-21-13-6-5-11-19(21)17-27(14-7-4-8-15-27)22(23)24(32)28-20-12-9-10-18(2)16-20/h5-6,9-13,16H,3-4,7-8,14-15,17H2,1-2H3,(H,28,32)(H,29,33). The van der Waals surface area contributed by atoms with Gasteiger partial charge >= 0.3 is 5.69 Å². The average Bonchev–Trinajstić information content (AvgIpc) is 3.18. The molecular formula is C27H30N4O2S. The molecule has 0 aliphatic heterocycles. The number of carbonyl (C=O) groups excluding carboxylic acids is 1. The van der Waals surface area contributed by atoms with Crippen LogP contribution in [0.15, 0.2) is 64.1 Å². The molecule has 176 valence electrons. The van der Waals surface area contributed by atoms with E-state index < -0.39 is 0 Å². The number of aryl methyl sites for hydroxylation is 1. The van der Waals surface area contributed by atoms with Crippen LogP contribution >= 0.6 is 11.8 Å². The van der Waals surface area contributed by atoms with Gasteiger partial charge in [-0.2, -0.15) is 0 Å². The summed E-state index contributed by atoms with van der Waals surface area (Å²) in [6, 6.07) is 16.0. The molecule has 1 amide bonds. The normalized spacial score (nSPS) is 17.0. The zero-order chi connectivity index (χ0) is 23.7. The number of nitrogens with one attached hydrogen (secondary N) is 2. The highest BCUT2D eigenvalue weighted by Crippen LogP contribution is 2.52. The predicted molar refractivity (Wildman–Crippen MR) is 137 cm³/mol. The summed E-state index contributed by atoms with van der Waals surface area (Å²) in [6.07, 6.45) is 6.01. The van der Waals surface area contributed by atoms with E-state index in [9.17, 15) is 9.59 Å². The van der Waals surface area contributed by atoms with Gasteiger partial charge in [-0.25, -0.2) is 14.5 Å². The summed E-state index contributed by atoms with van der Waals surface area (Å²) in [7, 11) is 0. The van der Waals surface area contributed by atoms with Gasteiger partial charge in [0, 0.05) is 22.2 Å². The summed E-state index contributed by atoms with van der Waals surface area (Å²) in [5.41, 5.74) is 4.76. The SMILES string of the molecule is CCSc1n[nH]c(=O)n1C1=C(C(=O)Nc2cccc(C)c2)C2(CCCCC2)Cc2ccccc21. The van der Waals surface area contributed by atoms with Crippen molar-refractivity contribution in [2.45, 2.75) is 57.5 Å². The topological polar surface area (TPSA) is 79.8 Å². The van der Waals surface area contributed by atoms with Crippen molar-refractivity contribution in [2.24, 2.45) is 5.41 Å². The van der Waals surface area contributed by atoms with E-state index in [0.29, 0.717) is 16.4 Å². The number of hydrogen-bond donors (Lipinski definition) is 2. The number of aromatic amines is 1. The van der Waals surface area contributed by atoms with Crippen LogP contribution in [0.1, 0.15) is 55.7 Å². The van der Waals surface area contributed by atoms with Crippen LogP contribution in [0.3, 0.4) is 0 Å². The van der Waals surface area contributed by atoms with Crippen LogP contribution in [0, 0.1) is 12.3 Å². The maximum Gasteiger partial charge on any atom is 0.348 e. The molecule has 0 bridgehead atoms. The van der Waals surface area contributed by atoms with E-state index in [1.54, 1.807) is 4.57 Å². The number of hydrogen-bond acceptors (Lipinski definition) is 4. The largest absolute Gasteiger partial charge is 0.348 e. The molecule has 1 aromatic heterocycles. The number of aromatic nitrogens is 3. The van der Waals surface area contributed by atoms with Crippen molar-refractivity contribution in [1.82, 2.24) is 14.8 Å². The lowest BCUT2D eigenvalue weighted by molar-refractivity contribution is -0.114. The Bertz CT molecular complexity index is 1310. The average molecular weight is 475 g/mol. The van der Waals surface area contributed by atoms with Crippen LogP contribution < -0.4 is 11.0 Å². The van der Waals surface area contributed by atoms with Gasteiger partial charge in [0.05, 0.1) is 5.70 Å². The Hall–Kier alpha value is -3.06. The van der Waals surface area contributed by atoms with Crippen LogP contribution in [0.25, 0.3) is 5.70 Å². The molecule has 7 heteroatoms. The monoisotopic (exact) mass is 474 g/mol. The van der Waals surface area contributed by atoms with Crippen molar-refractivity contribution < 1.29 is 4.79 Å². The molecule has 1 heterocycles. The first-order valence-corrected chi connectivity index (χ1v) is 13.0. The van der Waals surface area contributed by atoms with Crippen molar-refractivity contribution in [3.63, 3.8) is 0 Å². The van der Waals surface area contributed by atoms with Gasteiger partial charge in [0.25, 0.3) is 5.91 Å². The minimum absolute atomic E-state index is 0.127. The number of benzene rings is 2. The summed E-state index contributed by atoms with van der Waals surface area (Å²) < 4.78 is 1.63. The third-order valence-electron chi connectivity index (χ3n) is 7.02. The van der Waals surface area contributed by atoms with E-state index in [1.807, 2.05) is 56.3 Å². The predicted octanol–water partition coefficient (Wildman–Crippen LogP) is 5.40. The summed E-state index contributed by atoms with van der Waals surface area (Å²) in [5, 5.41) is 10.7. The van der Waals surface area contributed by atoms with Gasteiger partial charge in [-0.3, -0.25) is 4.79 Å². The highest BCUT2D eigenvalue weighted by Gasteiger charge is 2.45. The minimum atomic E-state index is -0.311. The number of thioether (sulfide) groups is 1. The van der Waals surface area contributed by atoms with Crippen molar-refractivity contribution in [3.05, 3.63) is 81.3 Å². The fourth-order valence-electron chi connectivity index (χ4n) is 5.60. The Labute approximate surface area is 203 Å². The number of carbonyl (C=O) groups is 1. The lowest BCUT2D eigenvalue weighted by atomic mass is 9.61. The van der Waals surface area contributed by atoms with E-state index in [4.69, 9.17) is 0 Å². The number of nitrogens with zero attached hydrogens (tertiary/aromatic N) is 2. The lowest BCUT2D eigenvalue weighted by Gasteiger charge is -2.43. The molecular weight excluding hydrogens is 444 g/mol. The zero-order valence-electron chi connectivity index (χ0n) is 19.7. The van der Waals surface area contributed by atoms with Gasteiger partial charge in [-0.1, -0.05) is 74.3 Å². The number of rotatable bonds is 5. The molecule has 2 aliphatic rings. The molecule has 6 nitrogen and oxygen atoms in total. The number of amides is 1. The zero-order valence-corrected chi connectivity index (χ0v) is 20.5. The molecule has 0 saturated heterocycles. The third kappa shape index (κ3) is 4.02. The Balaban J connectivity index is 1.78. The fourth-order valence-corrected chi connectivity index (χ4v) is 6.27. The summed E-state index contributed by atoms with van der Waals surface area (Å²) in [5.74, 6) is 0.646. The van der Waals surface area contributed by atoms with Crippen molar-refractivity contribution >= 4 is 29.1 Å². The van der Waals surface area contributed by atoms with Crippen LogP contribution in [0.2, 0.25) is 0 Å². The van der Waals surface area contributed by atoms with Crippen LogP contribution in [0.5, 0.6) is 0 Å². The molecule has 0 unspecified atom stereocenters. The highest BCUT2D eigenvalue weighted by molar-refractivity contribution is 7.99. The van der Waals surface area contributed by atoms with Gasteiger partial charge in [0.2, 0.25) is 0 Å². The number of anilines is 1. The first kappa shape index (κ1) is 22.7. The molecule has 34 heavy (non-hydrogen) atoms. The summed E-state index contributed by atoms with van der Waals surface area (Å²) >= 11 is 1.50. The lowest BCUT2D eigenvalue weighted by Crippen LogP contribution is -2.40. The van der Waals surface area contributed by atoms with Gasteiger partial charge in [0.1, 0.15) is 0 Å². The third-order valence-corrected chi connectivity index (χ3v) is 7.84. The van der Waals surface area contributed by atoms with Crippen molar-refractivity contribution in [2.75, 3.05) is 11.1 Å². The van der Waals surface area contributed by atoms with Crippen LogP contribution in [-0.2, 0) is 11.2 Å². The van der Waals surface area contributed by atoms with Gasteiger partial charge in [-0.15, -0.1) is 5.10 Å². The van der Waals surface area contributed by atoms with Crippen LogP contribution in [-0.4, -0.2) is 26.4 Å². The first-order valence-electron chi connectivity index (χ1n) is 12.0. The Morgan fingerprint density at radius 1 is 1.15 bits per heavy atom. The van der Waals surface area contributed by atoms with E-state index in [1.165, 1.54) is 23.7 Å². The quantitative estimate of drug-likeness (QED) is 0.486. The molecule has 0 radical (unpaired) electrons. The number of H-pyrrole nitrogens is 1. The molecule has 0 atom stereocenters. The second kappa shape index (κ2) is 9.29. The maximum atomic E-state index is 14.1. The molecule has 3 aromatic rings. The smallest absolute Gasteiger partial charge is 0.322 e. The van der Waals surface area contributed by atoms with Gasteiger partial charge < -0.3 is 5.32 Å². The molecule has 1 spiro atoms. The van der Waals surface area contributed by atoms with Gasteiger partial charge in [0.15, 0.2) is 5.16 Å². The molecule has 1 saturated carbocycles. The second-order valence-electron chi connectivity index (χ2n) is 9.30. The minimum Gasteiger partial charge on any atom is -0.322 e. The summed E-state index contributed by atoms with van der Waals surface area (Å²) in [4.78, 5) is 27.3. The Morgan fingerprint density at radius 3 is 2.71 bits per heavy atom. The molecule has 2 aromatic carbocycles. The number of fused-ring (bicyclic) bond motifs is 1. The van der Waals surface area contributed by atoms with Crippen LogP contribution in [0.4, 0.5) is 5.69 Å². The Kier molecular flexibility index (Phi) is 6.21. The second-order valence-corrected chi connectivity index (χ2v) is 10.5. The fraction of sp³-hybridized carbons (Fsp3) is 0.370. The van der Waals surface area contributed by atoms with E-state index in [0.717, 1.165) is 54.7 Å². The van der Waals surface area contributed by atoms with Crippen molar-refractivity contribution in [3.8, 4) is 0 Å². The first-order chi connectivity index (χ1) is 16.5. The molecule has 2 N–H and O–H groups in total. The van der Waals surface area contributed by atoms with E-state index in [2.05, 4.69) is 21.6 Å². The van der Waals surface area contributed by atoms with E-state index in [-0.39, 0.29) is 17.0 Å². The molecule has 2 aliphatic carbocycles. The van der Waals surface area contributed by atoms with E-state index >= 15 is 0 Å². The van der Waals surface area contributed by atoms with Gasteiger partial charge in [-0.05, 0) is 55.2 Å². The maximum absolute atomic E-state index is 14.1. The molecule has 1 fully saturated rings.